The first kappa shape index (κ1) is 21.4. The molecule has 3 aliphatic rings. The van der Waals surface area contributed by atoms with Crippen molar-refractivity contribution < 1.29 is 24.0 Å². The first-order valence-electron chi connectivity index (χ1n) is 10.8. The zero-order valence-electron chi connectivity index (χ0n) is 17.8. The van der Waals surface area contributed by atoms with E-state index in [9.17, 15) is 24.5 Å². The van der Waals surface area contributed by atoms with Crippen LogP contribution in [0.3, 0.4) is 0 Å². The standard InChI is InChI=1S/C25H19N3O6/c29-21(11-6-15-4-2-1-3-5-15)34-20-10-9-19(28(32)33)13-18(20)14-26-27-24(30)22-16-7-8-17(12-16)23(22)25(27)31/h1-11,13-14,16-17,22-23H,12H2/b11-6+,26-14?/t16-,17-,22-,23+/m0/s1. The van der Waals surface area contributed by atoms with Crippen molar-refractivity contribution in [2.24, 2.45) is 28.8 Å². The maximum atomic E-state index is 12.8. The van der Waals surface area contributed by atoms with Crippen LogP contribution < -0.4 is 4.74 Å². The van der Waals surface area contributed by atoms with Crippen LogP contribution in [0.4, 0.5) is 5.69 Å². The monoisotopic (exact) mass is 457 g/mol. The Morgan fingerprint density at radius 1 is 1.06 bits per heavy atom. The number of carbonyl (C=O) groups excluding carboxylic acids is 3. The van der Waals surface area contributed by atoms with Crippen LogP contribution in [0.5, 0.6) is 5.75 Å². The number of allylic oxidation sites excluding steroid dienone is 2. The Morgan fingerprint density at radius 2 is 1.74 bits per heavy atom. The van der Waals surface area contributed by atoms with Gasteiger partial charge in [-0.2, -0.15) is 10.1 Å². The fourth-order valence-electron chi connectivity index (χ4n) is 4.83. The number of ether oxygens (including phenoxy) is 1. The normalized spacial score (nSPS) is 25.0. The summed E-state index contributed by atoms with van der Waals surface area (Å²) in [5.41, 5.74) is 0.638. The van der Waals surface area contributed by atoms with Crippen molar-refractivity contribution in [2.45, 2.75) is 6.42 Å². The molecule has 1 heterocycles. The summed E-state index contributed by atoms with van der Waals surface area (Å²) in [5, 5.41) is 16.1. The van der Waals surface area contributed by atoms with Crippen molar-refractivity contribution in [1.82, 2.24) is 5.01 Å². The number of hydrogen-bond acceptors (Lipinski definition) is 7. The number of hydrogen-bond donors (Lipinski definition) is 0. The summed E-state index contributed by atoms with van der Waals surface area (Å²) in [6, 6.07) is 12.8. The van der Waals surface area contributed by atoms with Crippen molar-refractivity contribution >= 4 is 35.8 Å². The third kappa shape index (κ3) is 3.81. The molecule has 2 bridgehead atoms. The minimum atomic E-state index is -0.696. The van der Waals surface area contributed by atoms with E-state index in [0.29, 0.717) is 0 Å². The molecule has 5 rings (SSSR count). The maximum absolute atomic E-state index is 12.8. The molecule has 34 heavy (non-hydrogen) atoms. The van der Waals surface area contributed by atoms with Crippen LogP contribution in [0, 0.1) is 33.8 Å². The number of esters is 1. The van der Waals surface area contributed by atoms with E-state index in [-0.39, 0.29) is 40.7 Å². The summed E-state index contributed by atoms with van der Waals surface area (Å²) < 4.78 is 5.35. The molecule has 2 aliphatic carbocycles. The molecule has 2 aromatic carbocycles. The summed E-state index contributed by atoms with van der Waals surface area (Å²) in [5.74, 6) is -2.18. The molecule has 9 heteroatoms. The highest BCUT2D eigenvalue weighted by molar-refractivity contribution is 6.07. The Bertz CT molecular complexity index is 1250. The second kappa shape index (κ2) is 8.51. The Morgan fingerprint density at radius 3 is 2.38 bits per heavy atom. The number of amides is 2. The minimum absolute atomic E-state index is 0.0121. The number of rotatable bonds is 6. The molecule has 2 fully saturated rings. The van der Waals surface area contributed by atoms with Crippen LogP contribution in [0.1, 0.15) is 17.5 Å². The van der Waals surface area contributed by atoms with E-state index in [1.54, 1.807) is 6.08 Å². The zero-order chi connectivity index (χ0) is 23.8. The molecule has 0 unspecified atom stereocenters. The molecule has 170 valence electrons. The molecule has 1 aliphatic heterocycles. The van der Waals surface area contributed by atoms with Crippen LogP contribution in [0.25, 0.3) is 6.08 Å². The van der Waals surface area contributed by atoms with Crippen molar-refractivity contribution in [2.75, 3.05) is 0 Å². The van der Waals surface area contributed by atoms with Gasteiger partial charge in [0.1, 0.15) is 5.75 Å². The number of carbonyl (C=O) groups is 3. The zero-order valence-corrected chi connectivity index (χ0v) is 17.8. The van der Waals surface area contributed by atoms with Crippen LogP contribution >= 0.6 is 0 Å². The second-order valence-electron chi connectivity index (χ2n) is 8.38. The quantitative estimate of drug-likeness (QED) is 0.0959. The predicted molar refractivity (Wildman–Crippen MR) is 121 cm³/mol. The summed E-state index contributed by atoms with van der Waals surface area (Å²) in [7, 11) is 0. The Kier molecular flexibility index (Phi) is 5.37. The van der Waals surface area contributed by atoms with Gasteiger partial charge in [0.25, 0.3) is 17.5 Å². The molecule has 1 saturated heterocycles. The number of nitrogens with zero attached hydrogens (tertiary/aromatic N) is 3. The highest BCUT2D eigenvalue weighted by Gasteiger charge is 2.59. The van der Waals surface area contributed by atoms with Crippen molar-refractivity contribution in [3.8, 4) is 5.75 Å². The van der Waals surface area contributed by atoms with Gasteiger partial charge in [0.15, 0.2) is 0 Å². The molecular formula is C25H19N3O6. The van der Waals surface area contributed by atoms with E-state index in [0.717, 1.165) is 23.2 Å². The van der Waals surface area contributed by atoms with Crippen LogP contribution in [0.15, 0.2) is 71.9 Å². The molecule has 2 aromatic rings. The van der Waals surface area contributed by atoms with Crippen LogP contribution in [0.2, 0.25) is 0 Å². The van der Waals surface area contributed by atoms with E-state index in [1.165, 1.54) is 24.3 Å². The van der Waals surface area contributed by atoms with E-state index in [2.05, 4.69) is 5.10 Å². The molecule has 4 atom stereocenters. The van der Waals surface area contributed by atoms with Crippen molar-refractivity contribution in [1.29, 1.82) is 0 Å². The first-order chi connectivity index (χ1) is 16.4. The number of nitro benzene ring substituents is 1. The molecule has 0 spiro atoms. The molecular weight excluding hydrogens is 438 g/mol. The van der Waals surface area contributed by atoms with Crippen LogP contribution in [-0.4, -0.2) is 33.9 Å². The van der Waals surface area contributed by atoms with Gasteiger partial charge in [-0.25, -0.2) is 4.79 Å². The Labute approximate surface area is 194 Å². The van der Waals surface area contributed by atoms with E-state index in [4.69, 9.17) is 4.74 Å². The lowest BCUT2D eigenvalue weighted by Gasteiger charge is -2.13. The first-order valence-corrected chi connectivity index (χ1v) is 10.8. The number of hydrazone groups is 1. The summed E-state index contributed by atoms with van der Waals surface area (Å²) in [4.78, 5) is 48.6. The SMILES string of the molecule is O=C(/C=C/c1ccccc1)Oc1ccc([N+](=O)[O-])cc1C=NN1C(=O)[C@@H]2[C@H](C1=O)[C@H]1C=C[C@H]2C1. The molecule has 9 nitrogen and oxygen atoms in total. The average Bonchev–Trinajstić information content (AvgIpc) is 3.52. The van der Waals surface area contributed by atoms with E-state index >= 15 is 0 Å². The number of benzene rings is 2. The molecule has 2 amide bonds. The summed E-state index contributed by atoms with van der Waals surface area (Å²) >= 11 is 0. The van der Waals surface area contributed by atoms with Crippen molar-refractivity contribution in [3.63, 3.8) is 0 Å². The predicted octanol–water partition coefficient (Wildman–Crippen LogP) is 3.35. The fraction of sp³-hybridized carbons (Fsp3) is 0.200. The maximum Gasteiger partial charge on any atom is 0.336 e. The summed E-state index contributed by atoms with van der Waals surface area (Å²) in [6.07, 6.45) is 8.70. The van der Waals surface area contributed by atoms with Gasteiger partial charge in [-0.3, -0.25) is 19.7 Å². The smallest absolute Gasteiger partial charge is 0.336 e. The van der Waals surface area contributed by atoms with Crippen molar-refractivity contribution in [3.05, 3.63) is 88.0 Å². The highest BCUT2D eigenvalue weighted by atomic mass is 16.6. The second-order valence-corrected chi connectivity index (χ2v) is 8.38. The number of imide groups is 1. The van der Waals surface area contributed by atoms with Gasteiger partial charge >= 0.3 is 5.97 Å². The number of non-ortho nitro benzene ring substituents is 1. The third-order valence-electron chi connectivity index (χ3n) is 6.39. The van der Waals surface area contributed by atoms with Gasteiger partial charge in [-0.05, 0) is 36.0 Å². The lowest BCUT2D eigenvalue weighted by Crippen LogP contribution is -2.28. The van der Waals surface area contributed by atoms with Gasteiger partial charge in [0.2, 0.25) is 0 Å². The van der Waals surface area contributed by atoms with Gasteiger partial charge in [0, 0.05) is 23.8 Å². The fourth-order valence-corrected chi connectivity index (χ4v) is 4.83. The molecule has 0 aromatic heterocycles. The number of fused-ring (bicyclic) bond motifs is 5. The Balaban J connectivity index is 1.38. The number of nitro groups is 1. The van der Waals surface area contributed by atoms with E-state index < -0.39 is 22.7 Å². The third-order valence-corrected chi connectivity index (χ3v) is 6.39. The van der Waals surface area contributed by atoms with Gasteiger partial charge in [-0.1, -0.05) is 42.5 Å². The van der Waals surface area contributed by atoms with Gasteiger partial charge < -0.3 is 4.74 Å². The largest absolute Gasteiger partial charge is 0.423 e. The van der Waals surface area contributed by atoms with Crippen LogP contribution in [-0.2, 0) is 14.4 Å². The molecule has 0 N–H and O–H groups in total. The lowest BCUT2D eigenvalue weighted by molar-refractivity contribution is -0.384. The van der Waals surface area contributed by atoms with E-state index in [1.807, 2.05) is 42.5 Å². The van der Waals surface area contributed by atoms with Gasteiger partial charge in [-0.15, -0.1) is 0 Å². The minimum Gasteiger partial charge on any atom is -0.423 e. The molecule has 0 radical (unpaired) electrons. The highest BCUT2D eigenvalue weighted by Crippen LogP contribution is 2.52. The Hall–Kier alpha value is -4.40. The summed E-state index contributed by atoms with van der Waals surface area (Å²) in [6.45, 7) is 0. The molecule has 1 saturated carbocycles. The topological polar surface area (TPSA) is 119 Å². The van der Waals surface area contributed by atoms with Gasteiger partial charge in [0.05, 0.1) is 23.0 Å². The average molecular weight is 457 g/mol. The lowest BCUT2D eigenvalue weighted by atomic mass is 9.85.